The molecule has 88 valence electrons. The van der Waals surface area contributed by atoms with Crippen LogP contribution in [-0.4, -0.2) is 0 Å². The highest BCUT2D eigenvalue weighted by molar-refractivity contribution is 7.99. The fraction of sp³-hybridized carbons (Fsp3) is 0.143. The van der Waals surface area contributed by atoms with Crippen LogP contribution in [0.2, 0.25) is 10.0 Å². The summed E-state index contributed by atoms with van der Waals surface area (Å²) in [5, 5.41) is 1.60. The summed E-state index contributed by atoms with van der Waals surface area (Å²) in [6.45, 7) is 2.10. The van der Waals surface area contributed by atoms with Crippen molar-refractivity contribution in [3.05, 3.63) is 58.1 Å². The molecule has 3 heteroatoms. The molecular formula is C14H12Cl2S. The highest BCUT2D eigenvalue weighted by Crippen LogP contribution is 2.31. The topological polar surface area (TPSA) is 0 Å². The Morgan fingerprint density at radius 3 is 2.18 bits per heavy atom. The number of hydrogen-bond donors (Lipinski definition) is 0. The Balaban J connectivity index is 2.19. The molecule has 0 spiro atoms. The summed E-state index contributed by atoms with van der Waals surface area (Å²) < 4.78 is 0. The summed E-state index contributed by atoms with van der Waals surface area (Å²) in [4.78, 5) is 2.31. The van der Waals surface area contributed by atoms with Crippen LogP contribution in [-0.2, 0) is 6.42 Å². The number of halogens is 2. The van der Waals surface area contributed by atoms with Gasteiger partial charge in [0.25, 0.3) is 0 Å². The Hall–Kier alpha value is -0.630. The quantitative estimate of drug-likeness (QED) is 0.695. The summed E-state index contributed by atoms with van der Waals surface area (Å²) >= 11 is 13.7. The van der Waals surface area contributed by atoms with Crippen LogP contribution >= 0.6 is 35.0 Å². The van der Waals surface area contributed by atoms with Gasteiger partial charge in [-0.05, 0) is 48.4 Å². The molecular weight excluding hydrogens is 271 g/mol. The molecule has 0 unspecified atom stereocenters. The molecule has 0 aromatic heterocycles. The van der Waals surface area contributed by atoms with Crippen molar-refractivity contribution in [2.24, 2.45) is 0 Å². The van der Waals surface area contributed by atoms with Gasteiger partial charge in [0.15, 0.2) is 0 Å². The molecule has 2 rings (SSSR count). The Kier molecular flexibility index (Phi) is 4.38. The van der Waals surface area contributed by atoms with Crippen molar-refractivity contribution in [1.82, 2.24) is 0 Å². The molecule has 0 aliphatic carbocycles. The van der Waals surface area contributed by atoms with Crippen LogP contribution in [0.5, 0.6) is 0 Å². The van der Waals surface area contributed by atoms with E-state index in [9.17, 15) is 0 Å². The van der Waals surface area contributed by atoms with Crippen LogP contribution in [0.1, 0.15) is 12.5 Å². The standard InChI is InChI=1S/C14H12Cl2S/c1-2-10-3-6-13(9-14(10)16)17-12-7-4-11(15)5-8-12/h3-9H,2H2,1H3. The highest BCUT2D eigenvalue weighted by Gasteiger charge is 2.02. The highest BCUT2D eigenvalue weighted by atomic mass is 35.5. The maximum atomic E-state index is 6.19. The van der Waals surface area contributed by atoms with Crippen LogP contribution in [0.25, 0.3) is 0 Å². The molecule has 0 fully saturated rings. The third-order valence-electron chi connectivity index (χ3n) is 2.45. The van der Waals surface area contributed by atoms with E-state index in [-0.39, 0.29) is 0 Å². The van der Waals surface area contributed by atoms with Crippen LogP contribution in [0.3, 0.4) is 0 Å². The van der Waals surface area contributed by atoms with Gasteiger partial charge < -0.3 is 0 Å². The molecule has 0 N–H and O–H groups in total. The Bertz CT molecular complexity index is 506. The minimum atomic E-state index is 0.758. The number of hydrogen-bond acceptors (Lipinski definition) is 1. The van der Waals surface area contributed by atoms with E-state index in [1.807, 2.05) is 30.3 Å². The molecule has 0 atom stereocenters. The van der Waals surface area contributed by atoms with E-state index < -0.39 is 0 Å². The van der Waals surface area contributed by atoms with E-state index >= 15 is 0 Å². The van der Waals surface area contributed by atoms with Crippen molar-refractivity contribution in [1.29, 1.82) is 0 Å². The number of rotatable bonds is 3. The first-order chi connectivity index (χ1) is 8.19. The van der Waals surface area contributed by atoms with Crippen LogP contribution < -0.4 is 0 Å². The monoisotopic (exact) mass is 282 g/mol. The van der Waals surface area contributed by atoms with Gasteiger partial charge in [-0.2, -0.15) is 0 Å². The van der Waals surface area contributed by atoms with E-state index in [2.05, 4.69) is 19.1 Å². The second-order valence-corrected chi connectivity index (χ2v) is 5.65. The van der Waals surface area contributed by atoms with Crippen LogP contribution in [0.15, 0.2) is 52.3 Å². The largest absolute Gasteiger partial charge is 0.0900 e. The Labute approximate surface area is 116 Å². The van der Waals surface area contributed by atoms with Gasteiger partial charge in [0.1, 0.15) is 0 Å². The Morgan fingerprint density at radius 2 is 1.59 bits per heavy atom. The maximum Gasteiger partial charge on any atom is 0.0449 e. The third-order valence-corrected chi connectivity index (χ3v) is 4.06. The third kappa shape index (κ3) is 3.41. The Morgan fingerprint density at radius 1 is 0.941 bits per heavy atom. The van der Waals surface area contributed by atoms with Gasteiger partial charge in [0, 0.05) is 19.8 Å². The molecule has 0 aliphatic rings. The zero-order valence-corrected chi connectivity index (χ0v) is 11.7. The smallest absolute Gasteiger partial charge is 0.0449 e. The maximum absolute atomic E-state index is 6.19. The van der Waals surface area contributed by atoms with Gasteiger partial charge in [-0.3, -0.25) is 0 Å². The van der Waals surface area contributed by atoms with E-state index in [1.54, 1.807) is 11.8 Å². The van der Waals surface area contributed by atoms with Crippen molar-refractivity contribution in [3.8, 4) is 0 Å². The number of aryl methyl sites for hydroxylation is 1. The lowest BCUT2D eigenvalue weighted by atomic mass is 10.2. The summed E-state index contributed by atoms with van der Waals surface area (Å²) in [5.74, 6) is 0. The molecule has 0 radical (unpaired) electrons. The number of benzene rings is 2. The first kappa shape index (κ1) is 12.8. The zero-order chi connectivity index (χ0) is 12.3. The normalized spacial score (nSPS) is 10.5. The van der Waals surface area contributed by atoms with Crippen molar-refractivity contribution < 1.29 is 0 Å². The molecule has 2 aromatic carbocycles. The van der Waals surface area contributed by atoms with Crippen molar-refractivity contribution >= 4 is 35.0 Å². The molecule has 0 amide bonds. The SMILES string of the molecule is CCc1ccc(Sc2ccc(Cl)cc2)cc1Cl. The second-order valence-electron chi connectivity index (χ2n) is 3.66. The van der Waals surface area contributed by atoms with Gasteiger partial charge in [0.2, 0.25) is 0 Å². The second kappa shape index (κ2) is 5.81. The molecule has 0 bridgehead atoms. The van der Waals surface area contributed by atoms with Gasteiger partial charge in [-0.15, -0.1) is 0 Å². The molecule has 0 nitrogen and oxygen atoms in total. The summed E-state index contributed by atoms with van der Waals surface area (Å²) in [6, 6.07) is 14.0. The van der Waals surface area contributed by atoms with Crippen molar-refractivity contribution in [2.45, 2.75) is 23.1 Å². The fourth-order valence-electron chi connectivity index (χ4n) is 1.52. The first-order valence-corrected chi connectivity index (χ1v) is 6.98. The lowest BCUT2D eigenvalue weighted by molar-refractivity contribution is 1.13. The van der Waals surface area contributed by atoms with E-state index in [1.165, 1.54) is 5.56 Å². The van der Waals surface area contributed by atoms with E-state index in [4.69, 9.17) is 23.2 Å². The minimum absolute atomic E-state index is 0.758. The molecule has 0 heterocycles. The summed E-state index contributed by atoms with van der Waals surface area (Å²) in [5.41, 5.74) is 1.19. The predicted octanol–water partition coefficient (Wildman–Crippen LogP) is 5.71. The van der Waals surface area contributed by atoms with Crippen LogP contribution in [0, 0.1) is 0 Å². The minimum Gasteiger partial charge on any atom is -0.0900 e. The van der Waals surface area contributed by atoms with E-state index in [0.717, 1.165) is 26.3 Å². The summed E-state index contributed by atoms with van der Waals surface area (Å²) in [7, 11) is 0. The molecule has 0 saturated carbocycles. The van der Waals surface area contributed by atoms with Crippen LogP contribution in [0.4, 0.5) is 0 Å². The molecule has 17 heavy (non-hydrogen) atoms. The predicted molar refractivity (Wildman–Crippen MR) is 76.4 cm³/mol. The van der Waals surface area contributed by atoms with E-state index in [0.29, 0.717) is 0 Å². The van der Waals surface area contributed by atoms with Crippen molar-refractivity contribution in [2.75, 3.05) is 0 Å². The summed E-state index contributed by atoms with van der Waals surface area (Å²) in [6.07, 6.45) is 0.963. The van der Waals surface area contributed by atoms with Crippen molar-refractivity contribution in [3.63, 3.8) is 0 Å². The first-order valence-electron chi connectivity index (χ1n) is 5.41. The fourth-order valence-corrected chi connectivity index (χ4v) is 2.88. The van der Waals surface area contributed by atoms with Gasteiger partial charge >= 0.3 is 0 Å². The molecule has 2 aromatic rings. The average Bonchev–Trinajstić information content (AvgIpc) is 2.32. The molecule has 0 saturated heterocycles. The zero-order valence-electron chi connectivity index (χ0n) is 9.41. The lowest BCUT2D eigenvalue weighted by Gasteiger charge is -2.05. The van der Waals surface area contributed by atoms with Gasteiger partial charge in [0.05, 0.1) is 0 Å². The van der Waals surface area contributed by atoms with Gasteiger partial charge in [-0.1, -0.05) is 48.0 Å². The molecule has 0 aliphatic heterocycles. The lowest BCUT2D eigenvalue weighted by Crippen LogP contribution is -1.82. The average molecular weight is 283 g/mol. The van der Waals surface area contributed by atoms with Gasteiger partial charge in [-0.25, -0.2) is 0 Å².